The molecule has 3 aromatic carbocycles. The van der Waals surface area contributed by atoms with E-state index in [9.17, 15) is 9.59 Å². The summed E-state index contributed by atoms with van der Waals surface area (Å²) in [6, 6.07) is 19.6. The van der Waals surface area contributed by atoms with E-state index in [1.165, 1.54) is 0 Å². The van der Waals surface area contributed by atoms with Crippen molar-refractivity contribution in [3.8, 4) is 5.75 Å². The predicted molar refractivity (Wildman–Crippen MR) is 144 cm³/mol. The summed E-state index contributed by atoms with van der Waals surface area (Å²) in [7, 11) is 0. The molecule has 8 heteroatoms. The molecule has 3 rings (SSSR count). The number of anilines is 2. The molecule has 176 valence electrons. The van der Waals surface area contributed by atoms with Gasteiger partial charge in [-0.25, -0.2) is 0 Å². The van der Waals surface area contributed by atoms with Crippen LogP contribution in [0.25, 0.3) is 0 Å². The first kappa shape index (κ1) is 25.4. The van der Waals surface area contributed by atoms with Gasteiger partial charge < -0.3 is 15.4 Å². The summed E-state index contributed by atoms with van der Waals surface area (Å²) in [5, 5.41) is 8.61. The van der Waals surface area contributed by atoms with Gasteiger partial charge in [0.1, 0.15) is 5.75 Å². The van der Waals surface area contributed by atoms with Crippen LogP contribution in [0, 0.1) is 12.8 Å². The van der Waals surface area contributed by atoms with E-state index in [4.69, 9.17) is 17.0 Å². The third kappa shape index (κ3) is 7.40. The summed E-state index contributed by atoms with van der Waals surface area (Å²) in [6.07, 6.45) is 0. The van der Waals surface area contributed by atoms with Gasteiger partial charge in [-0.3, -0.25) is 14.9 Å². The summed E-state index contributed by atoms with van der Waals surface area (Å²) in [6.45, 7) is 6.68. The van der Waals surface area contributed by atoms with E-state index >= 15 is 0 Å². The van der Waals surface area contributed by atoms with Crippen LogP contribution in [0.4, 0.5) is 11.4 Å². The minimum Gasteiger partial charge on any atom is -0.492 e. The van der Waals surface area contributed by atoms with Crippen LogP contribution in [-0.4, -0.2) is 23.5 Å². The Morgan fingerprint density at radius 2 is 1.59 bits per heavy atom. The number of carbonyl (C=O) groups is 2. The van der Waals surface area contributed by atoms with E-state index in [2.05, 4.69) is 45.7 Å². The van der Waals surface area contributed by atoms with E-state index < -0.39 is 0 Å². The van der Waals surface area contributed by atoms with Crippen molar-refractivity contribution < 1.29 is 14.3 Å². The summed E-state index contributed by atoms with van der Waals surface area (Å²) in [4.78, 5) is 25.2. The second-order valence-corrected chi connectivity index (χ2v) is 9.43. The first-order valence-corrected chi connectivity index (χ1v) is 11.9. The third-order valence-corrected chi connectivity index (χ3v) is 5.48. The highest BCUT2D eigenvalue weighted by atomic mass is 79.9. The molecule has 0 bridgehead atoms. The van der Waals surface area contributed by atoms with Gasteiger partial charge in [0.15, 0.2) is 5.11 Å². The van der Waals surface area contributed by atoms with Crippen molar-refractivity contribution >= 4 is 56.4 Å². The number of thiocarbonyl (C=S) groups is 1. The Bertz CT molecular complexity index is 1210. The minimum absolute atomic E-state index is 0.123. The summed E-state index contributed by atoms with van der Waals surface area (Å²) < 4.78 is 6.40. The number of aryl methyl sites for hydroxylation is 1. The Hall–Kier alpha value is -3.23. The molecule has 3 aromatic rings. The number of hydrogen-bond acceptors (Lipinski definition) is 4. The van der Waals surface area contributed by atoms with Crippen LogP contribution in [0.15, 0.2) is 71.2 Å². The molecule has 0 heterocycles. The zero-order chi connectivity index (χ0) is 24.7. The molecular formula is C26H26BrN3O3S. The molecule has 0 aliphatic rings. The summed E-state index contributed by atoms with van der Waals surface area (Å²) in [5.74, 6) is 0.466. The van der Waals surface area contributed by atoms with Crippen LogP contribution in [0.5, 0.6) is 5.75 Å². The van der Waals surface area contributed by atoms with Crippen LogP contribution in [0.1, 0.15) is 40.1 Å². The molecule has 0 aliphatic carbocycles. The van der Waals surface area contributed by atoms with Crippen LogP contribution in [-0.2, 0) is 0 Å². The third-order valence-electron chi connectivity index (χ3n) is 4.65. The molecule has 3 N–H and O–H groups in total. The minimum atomic E-state index is -0.359. The number of nitrogens with one attached hydrogen (secondary N) is 3. The standard InChI is InChI=1S/C26H26BrN3O3S/c1-16(2)15-33-23-11-10-19(14-22(23)27)25(32)30-26(34)29-21-9-5-7-18(13-21)24(31)28-20-8-4-6-17(3)12-20/h4-14,16H,15H2,1-3H3,(H,28,31)(H2,29,30,32,34). The molecule has 0 atom stereocenters. The van der Waals surface area contributed by atoms with Gasteiger partial charge in [-0.05, 0) is 95.1 Å². The fourth-order valence-corrected chi connectivity index (χ4v) is 3.72. The average molecular weight is 540 g/mol. The maximum Gasteiger partial charge on any atom is 0.257 e. The second kappa shape index (κ2) is 11.8. The average Bonchev–Trinajstić information content (AvgIpc) is 2.78. The second-order valence-electron chi connectivity index (χ2n) is 8.16. The van der Waals surface area contributed by atoms with E-state index in [0.717, 1.165) is 11.3 Å². The molecule has 2 amide bonds. The van der Waals surface area contributed by atoms with E-state index in [-0.39, 0.29) is 16.9 Å². The lowest BCUT2D eigenvalue weighted by Gasteiger charge is -2.13. The van der Waals surface area contributed by atoms with Crippen molar-refractivity contribution in [2.75, 3.05) is 17.2 Å². The monoisotopic (exact) mass is 539 g/mol. The van der Waals surface area contributed by atoms with E-state index in [1.54, 1.807) is 42.5 Å². The lowest BCUT2D eigenvalue weighted by molar-refractivity contribution is 0.0976. The van der Waals surface area contributed by atoms with Gasteiger partial charge in [0.05, 0.1) is 11.1 Å². The molecule has 0 saturated heterocycles. The molecule has 0 saturated carbocycles. The van der Waals surface area contributed by atoms with Crippen molar-refractivity contribution in [3.05, 3.63) is 87.9 Å². The topological polar surface area (TPSA) is 79.5 Å². The molecule has 0 radical (unpaired) electrons. The number of hydrogen-bond donors (Lipinski definition) is 3. The van der Waals surface area contributed by atoms with Gasteiger partial charge >= 0.3 is 0 Å². The molecule has 6 nitrogen and oxygen atoms in total. The fourth-order valence-electron chi connectivity index (χ4n) is 3.02. The van der Waals surface area contributed by atoms with Gasteiger partial charge in [0.2, 0.25) is 0 Å². The zero-order valence-corrected chi connectivity index (χ0v) is 21.5. The Balaban J connectivity index is 1.60. The summed E-state index contributed by atoms with van der Waals surface area (Å²) >= 11 is 8.73. The molecule has 0 aromatic heterocycles. The number of halogens is 1. The molecule has 0 aliphatic heterocycles. The van der Waals surface area contributed by atoms with Crippen molar-refractivity contribution in [2.45, 2.75) is 20.8 Å². The highest BCUT2D eigenvalue weighted by Crippen LogP contribution is 2.26. The molecule has 34 heavy (non-hydrogen) atoms. The maximum atomic E-state index is 12.6. The predicted octanol–water partition coefficient (Wildman–Crippen LogP) is 6.17. The van der Waals surface area contributed by atoms with Crippen LogP contribution >= 0.6 is 28.1 Å². The number of benzene rings is 3. The van der Waals surface area contributed by atoms with E-state index in [1.807, 2.05) is 31.2 Å². The van der Waals surface area contributed by atoms with Crippen molar-refractivity contribution in [1.82, 2.24) is 5.32 Å². The normalized spacial score (nSPS) is 10.5. The lowest BCUT2D eigenvalue weighted by Crippen LogP contribution is -2.34. The highest BCUT2D eigenvalue weighted by Gasteiger charge is 2.12. The van der Waals surface area contributed by atoms with Crippen LogP contribution in [0.3, 0.4) is 0 Å². The number of ether oxygens (including phenoxy) is 1. The van der Waals surface area contributed by atoms with Gasteiger partial charge in [0, 0.05) is 22.5 Å². The van der Waals surface area contributed by atoms with Crippen LogP contribution < -0.4 is 20.7 Å². The number of amides is 2. The zero-order valence-electron chi connectivity index (χ0n) is 19.1. The largest absolute Gasteiger partial charge is 0.492 e. The Morgan fingerprint density at radius 3 is 2.26 bits per heavy atom. The highest BCUT2D eigenvalue weighted by molar-refractivity contribution is 9.10. The Kier molecular flexibility index (Phi) is 8.79. The Labute approximate surface area is 213 Å². The molecule has 0 spiro atoms. The van der Waals surface area contributed by atoms with Crippen molar-refractivity contribution in [1.29, 1.82) is 0 Å². The SMILES string of the molecule is Cc1cccc(NC(=O)c2cccc(NC(=S)NC(=O)c3ccc(OCC(C)C)c(Br)c3)c2)c1. The fraction of sp³-hybridized carbons (Fsp3) is 0.192. The van der Waals surface area contributed by atoms with Crippen molar-refractivity contribution in [2.24, 2.45) is 5.92 Å². The van der Waals surface area contributed by atoms with Gasteiger partial charge in [0.25, 0.3) is 11.8 Å². The van der Waals surface area contributed by atoms with Gasteiger partial charge in [-0.15, -0.1) is 0 Å². The maximum absolute atomic E-state index is 12.6. The Morgan fingerprint density at radius 1 is 0.912 bits per heavy atom. The van der Waals surface area contributed by atoms with Crippen LogP contribution in [0.2, 0.25) is 0 Å². The number of carbonyl (C=O) groups excluding carboxylic acids is 2. The molecule has 0 fully saturated rings. The lowest BCUT2D eigenvalue weighted by atomic mass is 10.1. The molecular weight excluding hydrogens is 514 g/mol. The van der Waals surface area contributed by atoms with E-state index in [0.29, 0.717) is 39.6 Å². The summed E-state index contributed by atoms with van der Waals surface area (Å²) in [5.41, 5.74) is 3.25. The number of rotatable bonds is 7. The smallest absolute Gasteiger partial charge is 0.257 e. The quantitative estimate of drug-likeness (QED) is 0.313. The van der Waals surface area contributed by atoms with Gasteiger partial charge in [-0.1, -0.05) is 32.0 Å². The first-order valence-electron chi connectivity index (χ1n) is 10.7. The van der Waals surface area contributed by atoms with Gasteiger partial charge in [-0.2, -0.15) is 0 Å². The van der Waals surface area contributed by atoms with Crippen molar-refractivity contribution in [3.63, 3.8) is 0 Å². The molecule has 0 unspecified atom stereocenters. The first-order chi connectivity index (χ1) is 16.2.